The Morgan fingerprint density at radius 1 is 1.30 bits per heavy atom. The van der Waals surface area contributed by atoms with Crippen LogP contribution in [0.25, 0.3) is 22.8 Å². The Labute approximate surface area is 192 Å². The first kappa shape index (κ1) is 22.5. The number of nitriles is 1. The molecule has 0 aliphatic heterocycles. The van der Waals surface area contributed by atoms with Gasteiger partial charge in [0.15, 0.2) is 0 Å². The fourth-order valence-corrected chi connectivity index (χ4v) is 4.23. The van der Waals surface area contributed by atoms with Crippen molar-refractivity contribution in [3.05, 3.63) is 52.6 Å². The normalized spacial score (nSPS) is 15.8. The molecule has 0 bridgehead atoms. The van der Waals surface area contributed by atoms with Gasteiger partial charge in [0, 0.05) is 17.2 Å². The van der Waals surface area contributed by atoms with Crippen molar-refractivity contribution in [1.82, 2.24) is 15.5 Å². The standard InChI is InChI=1S/C25H26N4O4/c1-13(2)32-21-10-6-16(11-17(21)12-26)24-28-23(29-33-24)22-14(3)5-7-18-19(22)8-9-20(18)27-15(4)25(30)31/h5-7,10-11,13,15,20,27H,8-9H2,1-4H3,(H,30,31)/t15?,20-/m0/s1. The Bertz CT molecular complexity index is 1240. The van der Waals surface area contributed by atoms with E-state index in [9.17, 15) is 15.2 Å². The van der Waals surface area contributed by atoms with Crippen LogP contribution >= 0.6 is 0 Å². The number of rotatable bonds is 7. The Kier molecular flexibility index (Phi) is 6.16. The van der Waals surface area contributed by atoms with Gasteiger partial charge in [-0.1, -0.05) is 17.3 Å². The first-order chi connectivity index (χ1) is 15.8. The van der Waals surface area contributed by atoms with Gasteiger partial charge in [0.05, 0.1) is 11.7 Å². The largest absolute Gasteiger partial charge is 0.490 e. The number of carbonyl (C=O) groups is 1. The van der Waals surface area contributed by atoms with Crippen LogP contribution in [0.3, 0.4) is 0 Å². The molecule has 1 unspecified atom stereocenters. The third kappa shape index (κ3) is 4.45. The van der Waals surface area contributed by atoms with Gasteiger partial charge in [-0.25, -0.2) is 0 Å². The van der Waals surface area contributed by atoms with Crippen LogP contribution in [-0.2, 0) is 11.2 Å². The maximum absolute atomic E-state index is 11.3. The van der Waals surface area contributed by atoms with E-state index in [4.69, 9.17) is 9.26 Å². The number of nitrogens with zero attached hydrogens (tertiary/aromatic N) is 3. The van der Waals surface area contributed by atoms with Crippen LogP contribution in [0, 0.1) is 18.3 Å². The second-order valence-corrected chi connectivity index (χ2v) is 8.56. The third-order valence-corrected chi connectivity index (χ3v) is 5.80. The van der Waals surface area contributed by atoms with Crippen LogP contribution in [-0.4, -0.2) is 33.4 Å². The number of hydrogen-bond donors (Lipinski definition) is 2. The number of hydrogen-bond acceptors (Lipinski definition) is 7. The quantitative estimate of drug-likeness (QED) is 0.547. The fraction of sp³-hybridized carbons (Fsp3) is 0.360. The molecule has 0 fully saturated rings. The molecule has 1 aliphatic rings. The number of carboxylic acids is 1. The Morgan fingerprint density at radius 2 is 2.09 bits per heavy atom. The van der Waals surface area contributed by atoms with Crippen LogP contribution in [0.5, 0.6) is 5.75 Å². The molecule has 170 valence electrons. The lowest BCUT2D eigenvalue weighted by Crippen LogP contribution is -2.35. The summed E-state index contributed by atoms with van der Waals surface area (Å²) in [5.74, 6) is 0.441. The van der Waals surface area contributed by atoms with Gasteiger partial charge < -0.3 is 14.4 Å². The number of fused-ring (bicyclic) bond motifs is 1. The first-order valence-electron chi connectivity index (χ1n) is 10.9. The van der Waals surface area contributed by atoms with E-state index in [0.717, 1.165) is 35.1 Å². The average Bonchev–Trinajstić information content (AvgIpc) is 3.41. The van der Waals surface area contributed by atoms with Crippen LogP contribution in [0.15, 0.2) is 34.9 Å². The summed E-state index contributed by atoms with van der Waals surface area (Å²) in [6.07, 6.45) is 1.55. The van der Waals surface area contributed by atoms with Crippen LogP contribution < -0.4 is 10.1 Å². The van der Waals surface area contributed by atoms with E-state index in [0.29, 0.717) is 28.6 Å². The molecule has 0 saturated heterocycles. The lowest BCUT2D eigenvalue weighted by Gasteiger charge is -2.18. The summed E-state index contributed by atoms with van der Waals surface area (Å²) < 4.78 is 11.2. The summed E-state index contributed by atoms with van der Waals surface area (Å²) in [6, 6.07) is 10.7. The molecule has 3 aromatic rings. The highest BCUT2D eigenvalue weighted by Crippen LogP contribution is 2.39. The third-order valence-electron chi connectivity index (χ3n) is 5.80. The molecule has 0 radical (unpaired) electrons. The van der Waals surface area contributed by atoms with Crippen molar-refractivity contribution in [3.63, 3.8) is 0 Å². The number of aryl methyl sites for hydroxylation is 1. The van der Waals surface area contributed by atoms with Crippen molar-refractivity contribution in [2.24, 2.45) is 0 Å². The molecule has 2 aromatic carbocycles. The zero-order chi connectivity index (χ0) is 23.7. The highest BCUT2D eigenvalue weighted by Gasteiger charge is 2.29. The minimum Gasteiger partial charge on any atom is -0.490 e. The summed E-state index contributed by atoms with van der Waals surface area (Å²) in [6.45, 7) is 7.46. The molecule has 2 atom stereocenters. The van der Waals surface area contributed by atoms with Crippen molar-refractivity contribution in [1.29, 1.82) is 5.26 Å². The van der Waals surface area contributed by atoms with Crippen molar-refractivity contribution < 1.29 is 19.2 Å². The van der Waals surface area contributed by atoms with E-state index in [2.05, 4.69) is 21.5 Å². The van der Waals surface area contributed by atoms with Crippen LogP contribution in [0.2, 0.25) is 0 Å². The van der Waals surface area contributed by atoms with E-state index < -0.39 is 12.0 Å². The summed E-state index contributed by atoms with van der Waals surface area (Å²) >= 11 is 0. The molecule has 4 rings (SSSR count). The van der Waals surface area contributed by atoms with Crippen LogP contribution in [0.1, 0.15) is 55.5 Å². The average molecular weight is 447 g/mol. The number of ether oxygens (including phenoxy) is 1. The zero-order valence-corrected chi connectivity index (χ0v) is 19.0. The zero-order valence-electron chi connectivity index (χ0n) is 19.0. The van der Waals surface area contributed by atoms with E-state index in [1.807, 2.05) is 32.9 Å². The number of benzene rings is 2. The van der Waals surface area contributed by atoms with Gasteiger partial charge in [0.1, 0.15) is 17.9 Å². The van der Waals surface area contributed by atoms with Gasteiger partial charge in [0.25, 0.3) is 5.89 Å². The van der Waals surface area contributed by atoms with Gasteiger partial charge in [-0.05, 0) is 75.4 Å². The monoisotopic (exact) mass is 446 g/mol. The molecule has 0 saturated carbocycles. The summed E-state index contributed by atoms with van der Waals surface area (Å²) in [7, 11) is 0. The minimum absolute atomic E-state index is 0.0384. The number of aromatic nitrogens is 2. The van der Waals surface area contributed by atoms with Crippen LogP contribution in [0.4, 0.5) is 0 Å². The van der Waals surface area contributed by atoms with E-state index in [1.54, 1.807) is 25.1 Å². The summed E-state index contributed by atoms with van der Waals surface area (Å²) in [4.78, 5) is 15.9. The maximum atomic E-state index is 11.3. The smallest absolute Gasteiger partial charge is 0.320 e. The molecule has 8 nitrogen and oxygen atoms in total. The van der Waals surface area contributed by atoms with Gasteiger partial charge >= 0.3 is 5.97 Å². The molecule has 0 amide bonds. The molecule has 1 aliphatic carbocycles. The summed E-state index contributed by atoms with van der Waals surface area (Å²) in [5.41, 5.74) is 5.15. The Hall–Kier alpha value is -3.70. The highest BCUT2D eigenvalue weighted by molar-refractivity contribution is 5.73. The predicted molar refractivity (Wildman–Crippen MR) is 122 cm³/mol. The predicted octanol–water partition coefficient (Wildman–Crippen LogP) is 4.42. The fourth-order valence-electron chi connectivity index (χ4n) is 4.23. The van der Waals surface area contributed by atoms with Gasteiger partial charge in [-0.3, -0.25) is 10.1 Å². The van der Waals surface area contributed by atoms with Crippen molar-refractivity contribution in [2.75, 3.05) is 0 Å². The van der Waals surface area contributed by atoms with E-state index >= 15 is 0 Å². The van der Waals surface area contributed by atoms with Gasteiger partial charge in [0.2, 0.25) is 5.82 Å². The molecular formula is C25H26N4O4. The molecule has 0 spiro atoms. The number of nitrogens with one attached hydrogen (secondary N) is 1. The molecule has 1 aromatic heterocycles. The molecule has 8 heteroatoms. The topological polar surface area (TPSA) is 121 Å². The van der Waals surface area contributed by atoms with Gasteiger partial charge in [-0.15, -0.1) is 0 Å². The molecular weight excluding hydrogens is 420 g/mol. The Balaban J connectivity index is 1.67. The second kappa shape index (κ2) is 9.04. The number of aliphatic carboxylic acids is 1. The lowest BCUT2D eigenvalue weighted by atomic mass is 9.97. The summed E-state index contributed by atoms with van der Waals surface area (Å²) in [5, 5.41) is 26.2. The van der Waals surface area contributed by atoms with Crippen molar-refractivity contribution in [2.45, 2.75) is 58.7 Å². The first-order valence-corrected chi connectivity index (χ1v) is 10.9. The van der Waals surface area contributed by atoms with Crippen molar-refractivity contribution in [3.8, 4) is 34.7 Å². The van der Waals surface area contributed by atoms with E-state index in [1.165, 1.54) is 0 Å². The molecule has 2 N–H and O–H groups in total. The molecule has 1 heterocycles. The lowest BCUT2D eigenvalue weighted by molar-refractivity contribution is -0.139. The van der Waals surface area contributed by atoms with Gasteiger partial charge in [-0.2, -0.15) is 10.2 Å². The highest BCUT2D eigenvalue weighted by atomic mass is 16.5. The second-order valence-electron chi connectivity index (χ2n) is 8.56. The maximum Gasteiger partial charge on any atom is 0.320 e. The Morgan fingerprint density at radius 3 is 2.79 bits per heavy atom. The molecule has 33 heavy (non-hydrogen) atoms. The SMILES string of the molecule is Cc1ccc2c(c1-c1noc(-c3ccc(OC(C)C)c(C#N)c3)n1)CC[C@@H]2NC(C)C(=O)O. The van der Waals surface area contributed by atoms with Crippen molar-refractivity contribution >= 4 is 5.97 Å². The van der Waals surface area contributed by atoms with E-state index in [-0.39, 0.29) is 12.1 Å². The number of carboxylic acid groups (broad SMARTS) is 1. The minimum atomic E-state index is -0.875.